The summed E-state index contributed by atoms with van der Waals surface area (Å²) in [6.45, 7) is 0. The molecule has 0 saturated heterocycles. The first kappa shape index (κ1) is 14.7. The predicted molar refractivity (Wildman–Crippen MR) is 69.5 cm³/mol. The van der Waals surface area contributed by atoms with Gasteiger partial charge in [0.05, 0.1) is 17.2 Å². The van der Waals surface area contributed by atoms with Crippen molar-refractivity contribution in [3.63, 3.8) is 0 Å². The van der Waals surface area contributed by atoms with Gasteiger partial charge in [0.2, 0.25) is 5.78 Å². The number of furan rings is 1. The Balaban J connectivity index is 2.41. The summed E-state index contributed by atoms with van der Waals surface area (Å²) < 4.78 is 18.6. The number of hydrogen-bond acceptors (Lipinski definition) is 5. The highest BCUT2D eigenvalue weighted by molar-refractivity contribution is 6.30. The third kappa shape index (κ3) is 2.75. The van der Waals surface area contributed by atoms with Crippen LogP contribution in [0.4, 0.5) is 10.3 Å². The molecule has 106 valence electrons. The Morgan fingerprint density at radius 2 is 2.14 bits per heavy atom. The Bertz CT molecular complexity index is 766. The van der Waals surface area contributed by atoms with E-state index in [1.54, 1.807) is 6.07 Å². The van der Waals surface area contributed by atoms with Gasteiger partial charge in [-0.25, -0.2) is 4.39 Å². The fourth-order valence-corrected chi connectivity index (χ4v) is 1.90. The van der Waals surface area contributed by atoms with Crippen molar-refractivity contribution in [2.24, 2.45) is 0 Å². The van der Waals surface area contributed by atoms with Gasteiger partial charge in [0.25, 0.3) is 0 Å². The van der Waals surface area contributed by atoms with E-state index in [-0.39, 0.29) is 10.6 Å². The van der Waals surface area contributed by atoms with Crippen LogP contribution in [0.1, 0.15) is 22.0 Å². The van der Waals surface area contributed by atoms with Gasteiger partial charge in [-0.2, -0.15) is 5.26 Å². The third-order valence-corrected chi connectivity index (χ3v) is 2.99. The van der Waals surface area contributed by atoms with Gasteiger partial charge in [-0.15, -0.1) is 0 Å². The number of carbonyl (C=O) groups is 1. The quantitative estimate of drug-likeness (QED) is 0.489. The smallest absolute Gasteiger partial charge is 0.397 e. The molecule has 21 heavy (non-hydrogen) atoms. The molecule has 0 saturated carbocycles. The maximum Gasteiger partial charge on any atom is 0.433 e. The maximum absolute atomic E-state index is 13.9. The van der Waals surface area contributed by atoms with Crippen LogP contribution in [0.25, 0.3) is 0 Å². The van der Waals surface area contributed by atoms with Crippen LogP contribution >= 0.6 is 11.6 Å². The first-order chi connectivity index (χ1) is 9.95. The fraction of sp³-hybridized carbons (Fsp3) is 0.0769. The van der Waals surface area contributed by atoms with E-state index in [0.717, 1.165) is 12.1 Å². The third-order valence-electron chi connectivity index (χ3n) is 2.70. The molecule has 0 aliphatic rings. The average Bonchev–Trinajstić information content (AvgIpc) is 2.94. The molecule has 0 radical (unpaired) electrons. The van der Waals surface area contributed by atoms with Crippen molar-refractivity contribution in [1.82, 2.24) is 0 Å². The van der Waals surface area contributed by atoms with Gasteiger partial charge in [-0.05, 0) is 12.1 Å². The molecule has 8 heteroatoms. The van der Waals surface area contributed by atoms with E-state index in [0.29, 0.717) is 0 Å². The molecule has 1 heterocycles. The molecule has 0 N–H and O–H groups in total. The Hall–Kier alpha value is -2.72. The highest BCUT2D eigenvalue weighted by Crippen LogP contribution is 2.28. The van der Waals surface area contributed by atoms with E-state index < -0.39 is 34.1 Å². The Kier molecular flexibility index (Phi) is 4.00. The fourth-order valence-electron chi connectivity index (χ4n) is 1.71. The molecule has 1 aromatic heterocycles. The van der Waals surface area contributed by atoms with E-state index in [1.165, 1.54) is 18.2 Å². The van der Waals surface area contributed by atoms with Crippen molar-refractivity contribution in [2.45, 2.75) is 5.92 Å². The predicted octanol–water partition coefficient (Wildman–Crippen LogP) is 3.47. The second kappa shape index (κ2) is 5.73. The summed E-state index contributed by atoms with van der Waals surface area (Å²) in [6, 6.07) is 7.60. The zero-order chi connectivity index (χ0) is 15.6. The van der Waals surface area contributed by atoms with Gasteiger partial charge < -0.3 is 4.42 Å². The topological polar surface area (TPSA) is 97.1 Å². The number of rotatable bonds is 4. The molecule has 0 spiro atoms. The van der Waals surface area contributed by atoms with E-state index in [2.05, 4.69) is 0 Å². The lowest BCUT2D eigenvalue weighted by atomic mass is 9.94. The molecule has 2 aromatic rings. The number of Topliss-reactive ketones (excluding diaryl/α,β-unsaturated/α-hetero) is 1. The minimum absolute atomic E-state index is 0.214. The van der Waals surface area contributed by atoms with Crippen molar-refractivity contribution >= 4 is 23.3 Å². The lowest BCUT2D eigenvalue weighted by Crippen LogP contribution is -2.12. The van der Waals surface area contributed by atoms with Crippen molar-refractivity contribution in [1.29, 1.82) is 5.26 Å². The number of carbonyl (C=O) groups excluding carboxylic acids is 1. The standard InChI is InChI=1S/C13H6ClFN2O4/c14-9-3-1-2-7(12(9)15)8(6-16)13(18)10-4-5-11(21-10)17(19)20/h1-5,8H. The molecule has 1 aromatic carbocycles. The number of hydrogen-bond donors (Lipinski definition) is 0. The minimum Gasteiger partial charge on any atom is -0.397 e. The average molecular weight is 309 g/mol. The van der Waals surface area contributed by atoms with Crippen LogP contribution < -0.4 is 0 Å². The van der Waals surface area contributed by atoms with Crippen LogP contribution in [0.5, 0.6) is 0 Å². The lowest BCUT2D eigenvalue weighted by molar-refractivity contribution is -0.402. The number of nitriles is 1. The molecule has 0 bridgehead atoms. The van der Waals surface area contributed by atoms with Crippen molar-refractivity contribution in [3.05, 3.63) is 62.6 Å². The van der Waals surface area contributed by atoms with Crippen molar-refractivity contribution in [3.8, 4) is 6.07 Å². The summed E-state index contributed by atoms with van der Waals surface area (Å²) in [6.07, 6.45) is 0. The largest absolute Gasteiger partial charge is 0.433 e. The summed E-state index contributed by atoms with van der Waals surface area (Å²) >= 11 is 5.60. The van der Waals surface area contributed by atoms with Crippen LogP contribution in [0.3, 0.4) is 0 Å². The zero-order valence-electron chi connectivity index (χ0n) is 10.2. The molecular formula is C13H6ClFN2O4. The summed E-state index contributed by atoms with van der Waals surface area (Å²) in [4.78, 5) is 21.8. The number of nitro groups is 1. The van der Waals surface area contributed by atoms with Gasteiger partial charge in [0.15, 0.2) is 5.76 Å². The molecule has 1 unspecified atom stereocenters. The first-order valence-electron chi connectivity index (χ1n) is 5.57. The van der Waals surface area contributed by atoms with Crippen LogP contribution in [-0.2, 0) is 0 Å². The second-order valence-corrected chi connectivity index (χ2v) is 4.37. The van der Waals surface area contributed by atoms with Crippen LogP contribution in [-0.4, -0.2) is 10.7 Å². The van der Waals surface area contributed by atoms with E-state index in [4.69, 9.17) is 21.3 Å². The first-order valence-corrected chi connectivity index (χ1v) is 5.95. The van der Waals surface area contributed by atoms with Crippen LogP contribution in [0.15, 0.2) is 34.7 Å². The van der Waals surface area contributed by atoms with E-state index in [1.807, 2.05) is 0 Å². The van der Waals surface area contributed by atoms with Crippen LogP contribution in [0.2, 0.25) is 5.02 Å². The number of benzene rings is 1. The molecule has 0 fully saturated rings. The lowest BCUT2D eigenvalue weighted by Gasteiger charge is -2.08. The summed E-state index contributed by atoms with van der Waals surface area (Å²) in [5, 5.41) is 19.4. The highest BCUT2D eigenvalue weighted by atomic mass is 35.5. The van der Waals surface area contributed by atoms with Gasteiger partial charge in [-0.1, -0.05) is 23.7 Å². The van der Waals surface area contributed by atoms with Gasteiger partial charge in [-0.3, -0.25) is 14.9 Å². The van der Waals surface area contributed by atoms with Gasteiger partial charge in [0, 0.05) is 5.56 Å². The number of halogens is 2. The zero-order valence-corrected chi connectivity index (χ0v) is 11.0. The van der Waals surface area contributed by atoms with Crippen molar-refractivity contribution < 1.29 is 18.5 Å². The maximum atomic E-state index is 13.9. The number of nitrogens with zero attached hydrogens (tertiary/aromatic N) is 2. The summed E-state index contributed by atoms with van der Waals surface area (Å²) in [5.41, 5.74) is -0.214. The molecule has 6 nitrogen and oxygen atoms in total. The van der Waals surface area contributed by atoms with Gasteiger partial charge >= 0.3 is 5.88 Å². The summed E-state index contributed by atoms with van der Waals surface area (Å²) in [7, 11) is 0. The Morgan fingerprint density at radius 1 is 1.43 bits per heavy atom. The monoisotopic (exact) mass is 308 g/mol. The van der Waals surface area contributed by atoms with Gasteiger partial charge in [0.1, 0.15) is 16.7 Å². The molecule has 0 aliphatic carbocycles. The van der Waals surface area contributed by atoms with Crippen LogP contribution in [0, 0.1) is 27.3 Å². The molecular weight excluding hydrogens is 303 g/mol. The number of ketones is 1. The normalized spacial score (nSPS) is 11.7. The second-order valence-electron chi connectivity index (χ2n) is 3.96. The Morgan fingerprint density at radius 3 is 2.71 bits per heavy atom. The Labute approximate surface area is 122 Å². The van der Waals surface area contributed by atoms with Crippen molar-refractivity contribution in [2.75, 3.05) is 0 Å². The van der Waals surface area contributed by atoms with E-state index in [9.17, 15) is 19.3 Å². The summed E-state index contributed by atoms with van der Waals surface area (Å²) in [5.74, 6) is -4.31. The van der Waals surface area contributed by atoms with E-state index >= 15 is 0 Å². The minimum atomic E-state index is -1.51. The highest BCUT2D eigenvalue weighted by Gasteiger charge is 2.29. The molecule has 0 amide bonds. The molecule has 1 atom stereocenters. The molecule has 2 rings (SSSR count). The SMILES string of the molecule is N#CC(C(=O)c1ccc([N+](=O)[O-])o1)c1cccc(Cl)c1F. The molecule has 0 aliphatic heterocycles.